The summed E-state index contributed by atoms with van der Waals surface area (Å²) >= 11 is 14.4. The molecule has 19 atom stereocenters. The van der Waals surface area contributed by atoms with Gasteiger partial charge in [-0.05, 0) is 259 Å². The van der Waals surface area contributed by atoms with E-state index in [1.54, 1.807) is 12.2 Å². The third kappa shape index (κ3) is 20.5. The van der Waals surface area contributed by atoms with E-state index in [1.807, 2.05) is 109 Å². The number of likely N-dealkylation sites (N-methyl/N-ethyl adjacent to an activating group) is 5. The van der Waals surface area contributed by atoms with E-state index in [0.29, 0.717) is 45.4 Å². The predicted octanol–water partition coefficient (Wildman–Crippen LogP) is 14.1. The number of likely N-dealkylation sites (tertiary alicyclic amines) is 1. The lowest BCUT2D eigenvalue weighted by Crippen LogP contribution is -2.60. The van der Waals surface area contributed by atoms with Crippen LogP contribution in [0, 0.1) is 29.6 Å². The summed E-state index contributed by atoms with van der Waals surface area (Å²) in [6.45, 7) is 5.09. The summed E-state index contributed by atoms with van der Waals surface area (Å²) in [6, 6.07) is 24.5. The molecule has 0 bridgehead atoms. The molecule has 5 aromatic heterocycles. The summed E-state index contributed by atoms with van der Waals surface area (Å²) in [6.07, 6.45) is -2.90. The highest BCUT2D eigenvalue weighted by atomic mass is 79.9. The molecule has 14 N–H and O–H groups in total. The summed E-state index contributed by atoms with van der Waals surface area (Å²) in [5.41, 5.74) is 21.0. The molecule has 10 heterocycles. The third-order valence-electron chi connectivity index (χ3n) is 30.3. The number of piperidine rings is 1. The number of hydrogen-bond donors (Lipinski definition) is 14. The number of H-pyrrole nitrogens is 4. The minimum absolute atomic E-state index is 0.00285. The molecule has 20 rings (SSSR count). The standard InChI is InChI=1S/C22H30FN3O2.2C20H20BrF4N3O2.C20H22BrF2N3O2.C20H24BrN3O2/c1-13(23)17(12-27)24-21(28)15-9-22(2)16-6-5-7-18-20(16)14(10-25(18)3)8-19(22)26(4)11-15;2*1-28-7-9(19(30)27-14(8-29)17(22)20(23,24)25)5-11-10-3-2-4-13-16(10)12(6-15(11)28)18(21)26-13;1-20(22,23)16(9-27)25-19(28)10-6-12-11-4-3-5-14-17(11)13(18(21)24-14)7-15(12)26(2)8-10;1-3-12(10-25)22-20(26)11-7-14-13-5-4-6-16-18(13)15(19(21)23-16)8-17(14)24(2)9-11/h5-7,10,13,15,17,19,27H,8-9,11-12H2,1-4H3,(H,24,28);2*2-5,9,14-15,17,26,29H,6-8H2,1H3,(H,27,30);3-6,10,15-16,24,27H,7-9H2,1-2H3,(H,25,28);4-7,11-12,17,23,25H,3,8-10H2,1-2H3,(H,22,26). The van der Waals surface area contributed by atoms with Crippen LogP contribution in [-0.2, 0) is 68.5 Å². The number of aromatic nitrogens is 5. The molecule has 5 aromatic carbocycles. The number of carbonyl (C=O) groups is 5. The Balaban J connectivity index is 0.000000128. The largest absolute Gasteiger partial charge is 0.421 e. The average Bonchev–Trinajstić information content (AvgIpc) is 1.47. The summed E-state index contributed by atoms with van der Waals surface area (Å²) in [5.74, 6) is -7.88. The van der Waals surface area contributed by atoms with Gasteiger partial charge in [0.05, 0.1) is 105 Å². The summed E-state index contributed by atoms with van der Waals surface area (Å²) in [5, 5.41) is 64.2. The second kappa shape index (κ2) is 42.0. The van der Waals surface area contributed by atoms with Crippen LogP contribution < -0.4 is 26.6 Å². The number of aryl methyl sites for hydroxylation is 1. The van der Waals surface area contributed by atoms with E-state index in [-0.39, 0.29) is 79.0 Å². The first kappa shape index (κ1) is 106. The highest BCUT2D eigenvalue weighted by molar-refractivity contribution is 9.11. The van der Waals surface area contributed by atoms with Crippen molar-refractivity contribution in [2.45, 2.75) is 175 Å². The number of nitrogens with zero attached hydrogens (tertiary/aromatic N) is 6. The van der Waals surface area contributed by atoms with E-state index in [2.05, 4.69) is 196 Å². The Kier molecular flexibility index (Phi) is 31.3. The topological polar surface area (TPSA) is 331 Å². The predicted molar refractivity (Wildman–Crippen MR) is 537 cm³/mol. The second-order valence-electron chi connectivity index (χ2n) is 39.5. The Morgan fingerprint density at radius 1 is 0.437 bits per heavy atom. The van der Waals surface area contributed by atoms with Gasteiger partial charge in [0.1, 0.15) is 12.2 Å². The molecule has 40 heteroatoms. The first-order valence-electron chi connectivity index (χ1n) is 47.4. The van der Waals surface area contributed by atoms with E-state index in [1.165, 1.54) is 56.6 Å². The molecule has 1 fully saturated rings. The SMILES string of the molecule is CC(F)C(CO)NC(=O)C1CN(C)C2Cc3cn(C)c4cccc(c34)C2(C)C1.CCC(CO)NC(=O)C1C=C2c3cccc4[nH]c(Br)c(c34)CC2N(C)C1.CN1CC(C(=O)NC(CO)C(C)(F)F)C=C2c3cccc4[nH]c(Br)c(c34)CC21.CN1CC(C(=O)NC(CO)C(F)C(F)(F)F)C=C2c3cccc4[nH]c(Br)c(c34)CC21.CN1CC(C(=O)NC(CO)C(F)C(F)(F)F)C=C2c3cccc4[nH]c(Br)c(c34)CC21. The summed E-state index contributed by atoms with van der Waals surface area (Å²) in [7, 11) is 11.9. The van der Waals surface area contributed by atoms with Gasteiger partial charge in [-0.2, -0.15) is 26.3 Å². The van der Waals surface area contributed by atoms with Gasteiger partial charge in [0, 0.05) is 143 Å². The zero-order valence-electron chi connectivity index (χ0n) is 79.6. The number of carbonyl (C=O) groups excluding carboxylic acids is 5. The number of halogens is 15. The molecule has 25 nitrogen and oxygen atoms in total. The van der Waals surface area contributed by atoms with Crippen molar-refractivity contribution in [1.29, 1.82) is 0 Å². The molecule has 19 unspecified atom stereocenters. The average molecular weight is 2240 g/mol. The van der Waals surface area contributed by atoms with Crippen LogP contribution in [0.5, 0.6) is 0 Å². The van der Waals surface area contributed by atoms with Gasteiger partial charge in [-0.25, -0.2) is 22.0 Å². The zero-order valence-corrected chi connectivity index (χ0v) is 85.9. The molecule has 764 valence electrons. The summed E-state index contributed by atoms with van der Waals surface area (Å²) in [4.78, 5) is 87.6. The van der Waals surface area contributed by atoms with E-state index >= 15 is 0 Å². The number of aromatic amines is 4. The fraction of sp³-hybridized carbons (Fsp3) is 0.480. The Hall–Kier alpha value is -9.14. The Labute approximate surface area is 846 Å². The number of nitrogens with one attached hydrogen (secondary N) is 9. The van der Waals surface area contributed by atoms with Gasteiger partial charge < -0.3 is 81.5 Å². The molecule has 142 heavy (non-hydrogen) atoms. The zero-order chi connectivity index (χ0) is 102. The fourth-order valence-electron chi connectivity index (χ4n) is 22.8. The number of amides is 5. The van der Waals surface area contributed by atoms with Gasteiger partial charge in [-0.15, -0.1) is 0 Å². The van der Waals surface area contributed by atoms with Gasteiger partial charge in [0.2, 0.25) is 41.9 Å². The Morgan fingerprint density at radius 2 is 0.775 bits per heavy atom. The minimum Gasteiger partial charge on any atom is -0.394 e. The first-order chi connectivity index (χ1) is 67.2. The van der Waals surface area contributed by atoms with Gasteiger partial charge in [-0.1, -0.05) is 98.8 Å². The highest BCUT2D eigenvalue weighted by Crippen LogP contribution is 2.52. The molecule has 5 amide bonds. The molecule has 0 saturated carbocycles. The molecule has 10 aromatic rings. The van der Waals surface area contributed by atoms with Crippen molar-refractivity contribution < 1.29 is 97.8 Å². The number of fused-ring (bicyclic) bond motifs is 10. The maximum Gasteiger partial charge on any atom is 0.421 e. The smallest absolute Gasteiger partial charge is 0.394 e. The molecule has 5 aliphatic heterocycles. The van der Waals surface area contributed by atoms with Crippen LogP contribution in [0.1, 0.15) is 96.2 Å². The number of rotatable bonds is 20. The van der Waals surface area contributed by atoms with E-state index in [0.717, 1.165) is 133 Å². The maximum atomic E-state index is 13.6. The Morgan fingerprint density at radius 3 is 1.09 bits per heavy atom. The lowest BCUT2D eigenvalue weighted by Gasteiger charge is -2.52. The highest BCUT2D eigenvalue weighted by Gasteiger charge is 2.53. The van der Waals surface area contributed by atoms with Crippen molar-refractivity contribution in [3.05, 3.63) is 196 Å². The minimum atomic E-state index is -5.16. The van der Waals surface area contributed by atoms with E-state index in [4.69, 9.17) is 0 Å². The molecular formula is C102H116Br4F11N15O10. The third-order valence-corrected chi connectivity index (χ3v) is 33.0. The maximum absolute atomic E-state index is 13.6. The summed E-state index contributed by atoms with van der Waals surface area (Å²) < 4.78 is 150. The fourth-order valence-corrected chi connectivity index (χ4v) is 25.1. The number of aliphatic hydroxyl groups excluding tert-OH is 5. The monoisotopic (exact) mass is 2240 g/mol. The van der Waals surface area contributed by atoms with Crippen molar-refractivity contribution in [2.24, 2.45) is 36.6 Å². The first-order valence-corrected chi connectivity index (χ1v) is 50.5. The molecule has 0 radical (unpaired) electrons. The number of benzene rings is 5. The van der Waals surface area contributed by atoms with E-state index in [9.17, 15) is 97.8 Å². The normalized spacial score (nSPS) is 24.7. The van der Waals surface area contributed by atoms with Crippen LogP contribution in [0.4, 0.5) is 48.3 Å². The van der Waals surface area contributed by atoms with Crippen molar-refractivity contribution in [1.82, 2.24) is 75.6 Å². The van der Waals surface area contributed by atoms with Gasteiger partial charge >= 0.3 is 12.4 Å². The van der Waals surface area contributed by atoms with Gasteiger partial charge in [0.15, 0.2) is 0 Å². The molecule has 5 aliphatic carbocycles. The van der Waals surface area contributed by atoms with Crippen molar-refractivity contribution in [3.63, 3.8) is 0 Å². The molecule has 1 saturated heterocycles. The van der Waals surface area contributed by atoms with Crippen LogP contribution in [0.2, 0.25) is 0 Å². The van der Waals surface area contributed by atoms with Crippen LogP contribution >= 0.6 is 63.7 Å². The second-order valence-corrected chi connectivity index (χ2v) is 42.7. The van der Waals surface area contributed by atoms with E-state index < -0.39 is 123 Å². The number of hydrogen-bond acceptors (Lipinski definition) is 15. The van der Waals surface area contributed by atoms with Crippen LogP contribution in [0.3, 0.4) is 0 Å². The van der Waals surface area contributed by atoms with Gasteiger partial charge in [0.25, 0.3) is 5.92 Å². The number of aliphatic hydroxyl groups is 5. The number of alkyl halides is 11. The lowest BCUT2D eigenvalue weighted by molar-refractivity contribution is -0.191. The lowest BCUT2D eigenvalue weighted by atomic mass is 9.62. The Bertz CT molecular complexity index is 6440. The quantitative estimate of drug-likeness (QED) is 0.0315. The van der Waals surface area contributed by atoms with Crippen molar-refractivity contribution >= 4 is 170 Å². The molecule has 0 spiro atoms. The van der Waals surface area contributed by atoms with Crippen LogP contribution in [0.25, 0.3) is 76.8 Å². The van der Waals surface area contributed by atoms with Crippen molar-refractivity contribution in [2.75, 3.05) is 101 Å². The molecule has 10 aliphatic rings. The van der Waals surface area contributed by atoms with Crippen LogP contribution in [0.15, 0.2) is 140 Å². The van der Waals surface area contributed by atoms with Crippen LogP contribution in [-0.4, -0.2) is 302 Å². The van der Waals surface area contributed by atoms with Gasteiger partial charge in [-0.3, -0.25) is 43.6 Å². The van der Waals surface area contributed by atoms with Crippen molar-refractivity contribution in [3.8, 4) is 0 Å². The molecular weight excluding hydrogens is 2120 g/mol.